The molecule has 7 nitrogen and oxygen atoms in total. The molecule has 0 radical (unpaired) electrons. The molecule has 0 aliphatic rings. The van der Waals surface area contributed by atoms with Crippen molar-refractivity contribution in [1.29, 1.82) is 0 Å². The number of esters is 1. The Balaban J connectivity index is 1.60. The summed E-state index contributed by atoms with van der Waals surface area (Å²) in [6, 6.07) is 7.42. The minimum atomic E-state index is -0.513. The number of ether oxygens (including phenoxy) is 2. The Labute approximate surface area is 176 Å². The van der Waals surface area contributed by atoms with Gasteiger partial charge in [-0.3, -0.25) is 10.1 Å². The molecule has 2 heterocycles. The molecule has 2 aromatic heterocycles. The molecule has 3 aromatic rings. The summed E-state index contributed by atoms with van der Waals surface area (Å²) in [5.41, 5.74) is 1.80. The van der Waals surface area contributed by atoms with Crippen LogP contribution in [0.5, 0.6) is 5.75 Å². The molecule has 1 N–H and O–H groups in total. The van der Waals surface area contributed by atoms with Crippen molar-refractivity contribution < 1.29 is 19.1 Å². The predicted octanol–water partition coefficient (Wildman–Crippen LogP) is 4.32. The van der Waals surface area contributed by atoms with Gasteiger partial charge in [0.15, 0.2) is 10.8 Å². The molecular weight excluding hydrogens is 410 g/mol. The number of aryl methyl sites for hydroxylation is 1. The minimum Gasteiger partial charge on any atom is -0.487 e. The van der Waals surface area contributed by atoms with E-state index < -0.39 is 5.97 Å². The third kappa shape index (κ3) is 5.97. The van der Waals surface area contributed by atoms with Crippen LogP contribution in [0.1, 0.15) is 33.7 Å². The summed E-state index contributed by atoms with van der Waals surface area (Å²) in [7, 11) is 0. The average Bonchev–Trinajstić information content (AvgIpc) is 3.34. The largest absolute Gasteiger partial charge is 0.487 e. The van der Waals surface area contributed by atoms with Gasteiger partial charge < -0.3 is 9.47 Å². The number of anilines is 1. The molecule has 3 rings (SSSR count). The van der Waals surface area contributed by atoms with Crippen molar-refractivity contribution in [2.45, 2.75) is 20.5 Å². The predicted molar refractivity (Wildman–Crippen MR) is 113 cm³/mol. The second kappa shape index (κ2) is 9.94. The lowest BCUT2D eigenvalue weighted by Crippen LogP contribution is -2.09. The first kappa shape index (κ1) is 20.7. The zero-order valence-corrected chi connectivity index (χ0v) is 17.5. The van der Waals surface area contributed by atoms with E-state index >= 15 is 0 Å². The van der Waals surface area contributed by atoms with E-state index in [4.69, 9.17) is 9.47 Å². The fraction of sp³-hybridized carbons (Fsp3) is 0.200. The van der Waals surface area contributed by atoms with Gasteiger partial charge in [-0.2, -0.15) is 0 Å². The van der Waals surface area contributed by atoms with Crippen molar-refractivity contribution in [2.24, 2.45) is 0 Å². The van der Waals surface area contributed by atoms with Gasteiger partial charge in [0.25, 0.3) is 0 Å². The Hall–Kier alpha value is -3.04. The van der Waals surface area contributed by atoms with Crippen LogP contribution in [0.3, 0.4) is 0 Å². The first-order valence-corrected chi connectivity index (χ1v) is 10.6. The van der Waals surface area contributed by atoms with Gasteiger partial charge in [-0.15, -0.1) is 22.7 Å². The van der Waals surface area contributed by atoms with Gasteiger partial charge in [-0.05, 0) is 26.0 Å². The molecule has 0 aliphatic heterocycles. The van der Waals surface area contributed by atoms with Crippen LogP contribution in [0.15, 0.2) is 41.1 Å². The number of hydrogen-bond acceptors (Lipinski definition) is 8. The summed E-state index contributed by atoms with van der Waals surface area (Å²) in [6.07, 6.45) is 3.05. The molecule has 0 spiro atoms. The maximum atomic E-state index is 12.2. The number of rotatable bonds is 8. The SMILES string of the molecule is CCOC(=O)c1csc(NC(=O)C=Cc2ccccc2OCc2csc(C)n2)n1. The summed E-state index contributed by atoms with van der Waals surface area (Å²) in [6.45, 7) is 4.29. The quantitative estimate of drug-likeness (QED) is 0.424. The summed E-state index contributed by atoms with van der Waals surface area (Å²) >= 11 is 2.73. The van der Waals surface area contributed by atoms with Crippen LogP contribution in [0.4, 0.5) is 5.13 Å². The Morgan fingerprint density at radius 2 is 2.00 bits per heavy atom. The molecule has 1 amide bonds. The highest BCUT2D eigenvalue weighted by Crippen LogP contribution is 2.22. The van der Waals surface area contributed by atoms with E-state index in [2.05, 4.69) is 15.3 Å². The fourth-order valence-corrected chi connectivity index (χ4v) is 3.60. The normalized spacial score (nSPS) is 10.8. The number of para-hydroxylation sites is 1. The number of carbonyl (C=O) groups is 2. The number of benzene rings is 1. The van der Waals surface area contributed by atoms with Crippen LogP contribution in [0.25, 0.3) is 6.08 Å². The number of amides is 1. The number of carbonyl (C=O) groups excluding carboxylic acids is 2. The van der Waals surface area contributed by atoms with E-state index in [1.807, 2.05) is 36.6 Å². The third-order valence-electron chi connectivity index (χ3n) is 3.59. The number of thiazole rings is 2. The van der Waals surface area contributed by atoms with Crippen molar-refractivity contribution in [3.8, 4) is 5.75 Å². The Bertz CT molecular complexity index is 1030. The van der Waals surface area contributed by atoms with Crippen molar-refractivity contribution in [3.05, 3.63) is 63.1 Å². The molecule has 1 aromatic carbocycles. The summed E-state index contributed by atoms with van der Waals surface area (Å²) < 4.78 is 10.7. The number of hydrogen-bond donors (Lipinski definition) is 1. The zero-order chi connectivity index (χ0) is 20.6. The molecule has 0 aliphatic carbocycles. The minimum absolute atomic E-state index is 0.173. The molecule has 0 saturated heterocycles. The number of aromatic nitrogens is 2. The number of nitrogens with one attached hydrogen (secondary N) is 1. The standard InChI is InChI=1S/C20H19N3O4S2/c1-3-26-19(25)16-12-29-20(22-16)23-18(24)9-8-14-6-4-5-7-17(14)27-10-15-11-28-13(2)21-15/h4-9,11-12H,3,10H2,1-2H3,(H,22,23,24). The molecule has 0 atom stereocenters. The van der Waals surface area contributed by atoms with Crippen molar-refractivity contribution in [2.75, 3.05) is 11.9 Å². The van der Waals surface area contributed by atoms with Crippen molar-refractivity contribution in [3.63, 3.8) is 0 Å². The maximum absolute atomic E-state index is 12.2. The zero-order valence-electron chi connectivity index (χ0n) is 15.9. The van der Waals surface area contributed by atoms with Crippen LogP contribution < -0.4 is 10.1 Å². The molecule has 0 bridgehead atoms. The Kier molecular flexibility index (Phi) is 7.09. The van der Waals surface area contributed by atoms with Crippen LogP contribution in [-0.2, 0) is 16.1 Å². The lowest BCUT2D eigenvalue weighted by atomic mass is 10.2. The maximum Gasteiger partial charge on any atom is 0.357 e. The van der Waals surface area contributed by atoms with Gasteiger partial charge in [0.1, 0.15) is 12.4 Å². The second-order valence-electron chi connectivity index (χ2n) is 5.77. The van der Waals surface area contributed by atoms with Gasteiger partial charge in [-0.1, -0.05) is 18.2 Å². The monoisotopic (exact) mass is 429 g/mol. The van der Waals surface area contributed by atoms with Crippen molar-refractivity contribution in [1.82, 2.24) is 9.97 Å². The Morgan fingerprint density at radius 3 is 2.76 bits per heavy atom. The molecule has 9 heteroatoms. The van der Waals surface area contributed by atoms with Crippen LogP contribution in [0.2, 0.25) is 0 Å². The topological polar surface area (TPSA) is 90.4 Å². The fourth-order valence-electron chi connectivity index (χ4n) is 2.32. The molecule has 150 valence electrons. The highest BCUT2D eigenvalue weighted by molar-refractivity contribution is 7.14. The molecule has 0 unspecified atom stereocenters. The molecular formula is C20H19N3O4S2. The average molecular weight is 430 g/mol. The lowest BCUT2D eigenvalue weighted by molar-refractivity contribution is -0.111. The third-order valence-corrected chi connectivity index (χ3v) is 5.17. The van der Waals surface area contributed by atoms with E-state index in [1.54, 1.807) is 29.7 Å². The smallest absolute Gasteiger partial charge is 0.357 e. The van der Waals surface area contributed by atoms with E-state index in [-0.39, 0.29) is 18.2 Å². The summed E-state index contributed by atoms with van der Waals surface area (Å²) in [5, 5.41) is 7.45. The highest BCUT2D eigenvalue weighted by Gasteiger charge is 2.12. The van der Waals surface area contributed by atoms with Crippen LogP contribution in [-0.4, -0.2) is 28.5 Å². The van der Waals surface area contributed by atoms with Gasteiger partial charge in [0.2, 0.25) is 5.91 Å². The van der Waals surface area contributed by atoms with Crippen LogP contribution in [0, 0.1) is 6.92 Å². The molecule has 0 saturated carbocycles. The first-order valence-electron chi connectivity index (χ1n) is 8.79. The van der Waals surface area contributed by atoms with E-state index in [0.717, 1.165) is 27.6 Å². The van der Waals surface area contributed by atoms with Crippen molar-refractivity contribution >= 4 is 45.8 Å². The lowest BCUT2D eigenvalue weighted by Gasteiger charge is -2.07. The molecule has 29 heavy (non-hydrogen) atoms. The van der Waals surface area contributed by atoms with E-state index in [9.17, 15) is 9.59 Å². The van der Waals surface area contributed by atoms with Gasteiger partial charge >= 0.3 is 5.97 Å². The summed E-state index contributed by atoms with van der Waals surface area (Å²) in [4.78, 5) is 32.3. The van der Waals surface area contributed by atoms with Crippen LogP contribution >= 0.6 is 22.7 Å². The number of nitrogens with zero attached hydrogens (tertiary/aromatic N) is 2. The molecule has 0 fully saturated rings. The second-order valence-corrected chi connectivity index (χ2v) is 7.69. The van der Waals surface area contributed by atoms with Gasteiger partial charge in [-0.25, -0.2) is 14.8 Å². The Morgan fingerprint density at radius 1 is 1.17 bits per heavy atom. The first-order chi connectivity index (χ1) is 14.0. The van der Waals surface area contributed by atoms with E-state index in [0.29, 0.717) is 17.5 Å². The van der Waals surface area contributed by atoms with Gasteiger partial charge in [0, 0.05) is 22.4 Å². The van der Waals surface area contributed by atoms with E-state index in [1.165, 1.54) is 6.08 Å². The van der Waals surface area contributed by atoms with Gasteiger partial charge in [0.05, 0.1) is 17.3 Å². The highest BCUT2D eigenvalue weighted by atomic mass is 32.1. The summed E-state index contributed by atoms with van der Waals surface area (Å²) in [5.74, 6) is -0.220.